The van der Waals surface area contributed by atoms with E-state index < -0.39 is 0 Å². The van der Waals surface area contributed by atoms with Crippen molar-refractivity contribution in [3.63, 3.8) is 0 Å². The van der Waals surface area contributed by atoms with Gasteiger partial charge in [0.05, 0.1) is 5.56 Å². The lowest BCUT2D eigenvalue weighted by Crippen LogP contribution is -2.04. The molecule has 1 aromatic carbocycles. The molecule has 0 spiro atoms. The number of fused-ring (bicyclic) bond motifs is 1. The van der Waals surface area contributed by atoms with E-state index in [0.717, 1.165) is 28.3 Å². The van der Waals surface area contributed by atoms with Crippen LogP contribution in [0.3, 0.4) is 0 Å². The Labute approximate surface area is 130 Å². The summed E-state index contributed by atoms with van der Waals surface area (Å²) in [7, 11) is 0. The quantitative estimate of drug-likeness (QED) is 0.652. The maximum absolute atomic E-state index is 11.3. The number of aromatic nitrogens is 2. The molecule has 2 aromatic heterocycles. The fourth-order valence-electron chi connectivity index (χ4n) is 2.31. The first kappa shape index (κ1) is 14.1. The van der Waals surface area contributed by atoms with Crippen LogP contribution >= 0.6 is 15.9 Å². The molecule has 0 amide bonds. The fourth-order valence-corrected chi connectivity index (χ4v) is 2.69. The average Bonchev–Trinajstić information content (AvgIpc) is 3.00. The standard InChI is InChI=1S/C16H15BrN2O2/c1-10(2)7-19-8-12(9-20)16(18-19)15-6-11-5-13(17)3-4-14(11)21-15/h3-6,8-10H,7H2,1-2H3. The summed E-state index contributed by atoms with van der Waals surface area (Å²) in [5.74, 6) is 1.08. The van der Waals surface area contributed by atoms with E-state index in [-0.39, 0.29) is 0 Å². The van der Waals surface area contributed by atoms with Crippen molar-refractivity contribution in [3.05, 3.63) is 40.5 Å². The molecule has 0 radical (unpaired) electrons. The van der Waals surface area contributed by atoms with Crippen molar-refractivity contribution in [3.8, 4) is 11.5 Å². The number of carbonyl (C=O) groups is 1. The zero-order valence-corrected chi connectivity index (χ0v) is 13.4. The van der Waals surface area contributed by atoms with E-state index >= 15 is 0 Å². The van der Waals surface area contributed by atoms with Gasteiger partial charge in [0.1, 0.15) is 11.3 Å². The predicted molar refractivity (Wildman–Crippen MR) is 85.4 cm³/mol. The van der Waals surface area contributed by atoms with Crippen molar-refractivity contribution in [2.24, 2.45) is 5.92 Å². The van der Waals surface area contributed by atoms with Gasteiger partial charge in [-0.05, 0) is 30.2 Å². The van der Waals surface area contributed by atoms with Gasteiger partial charge >= 0.3 is 0 Å². The molecule has 2 heterocycles. The normalized spacial score (nSPS) is 11.4. The summed E-state index contributed by atoms with van der Waals surface area (Å²) in [6.07, 6.45) is 2.59. The van der Waals surface area contributed by atoms with Crippen molar-refractivity contribution in [1.29, 1.82) is 0 Å². The second-order valence-corrected chi connectivity index (χ2v) is 6.38. The van der Waals surface area contributed by atoms with Crippen LogP contribution in [-0.2, 0) is 6.54 Å². The van der Waals surface area contributed by atoms with Gasteiger partial charge in [0.25, 0.3) is 0 Å². The molecule has 0 saturated carbocycles. The molecule has 3 aromatic rings. The minimum absolute atomic E-state index is 0.462. The number of aldehydes is 1. The number of furan rings is 1. The third-order valence-electron chi connectivity index (χ3n) is 3.18. The SMILES string of the molecule is CC(C)Cn1cc(C=O)c(-c2cc3cc(Br)ccc3o2)n1. The second kappa shape index (κ2) is 5.48. The predicted octanol–water partition coefficient (Wildman–Crippen LogP) is 4.53. The minimum atomic E-state index is 0.462. The number of nitrogens with zero attached hydrogens (tertiary/aromatic N) is 2. The summed E-state index contributed by atoms with van der Waals surface area (Å²) in [5, 5.41) is 5.47. The Kier molecular flexibility index (Phi) is 3.68. The van der Waals surface area contributed by atoms with E-state index in [2.05, 4.69) is 34.9 Å². The molecule has 0 aliphatic heterocycles. The lowest BCUT2D eigenvalue weighted by atomic mass is 10.2. The largest absolute Gasteiger partial charge is 0.454 e. The van der Waals surface area contributed by atoms with E-state index in [1.165, 1.54) is 0 Å². The van der Waals surface area contributed by atoms with Crippen molar-refractivity contribution in [2.75, 3.05) is 0 Å². The molecule has 21 heavy (non-hydrogen) atoms. The fraction of sp³-hybridized carbons (Fsp3) is 0.250. The zero-order chi connectivity index (χ0) is 15.0. The summed E-state index contributed by atoms with van der Waals surface area (Å²) < 4.78 is 8.60. The van der Waals surface area contributed by atoms with Gasteiger partial charge in [-0.15, -0.1) is 0 Å². The lowest BCUT2D eigenvalue weighted by Gasteiger charge is -2.03. The van der Waals surface area contributed by atoms with Crippen LogP contribution in [-0.4, -0.2) is 16.1 Å². The van der Waals surface area contributed by atoms with E-state index in [1.54, 1.807) is 10.9 Å². The number of hydrogen-bond acceptors (Lipinski definition) is 3. The number of hydrogen-bond donors (Lipinski definition) is 0. The number of benzene rings is 1. The van der Waals surface area contributed by atoms with Gasteiger partial charge < -0.3 is 4.42 Å². The maximum atomic E-state index is 11.3. The third kappa shape index (κ3) is 2.78. The molecular formula is C16H15BrN2O2. The summed E-state index contributed by atoms with van der Waals surface area (Å²) in [6, 6.07) is 7.71. The minimum Gasteiger partial charge on any atom is -0.454 e. The highest BCUT2D eigenvalue weighted by Gasteiger charge is 2.15. The Hall–Kier alpha value is -1.88. The van der Waals surface area contributed by atoms with Crippen LogP contribution in [0.15, 0.2) is 39.4 Å². The molecule has 0 fully saturated rings. The lowest BCUT2D eigenvalue weighted by molar-refractivity contribution is 0.112. The highest BCUT2D eigenvalue weighted by atomic mass is 79.9. The molecule has 0 saturated heterocycles. The van der Waals surface area contributed by atoms with Gasteiger partial charge in [0, 0.05) is 22.6 Å². The van der Waals surface area contributed by atoms with Crippen molar-refractivity contribution >= 4 is 33.2 Å². The number of carbonyl (C=O) groups excluding carboxylic acids is 1. The average molecular weight is 347 g/mol. The second-order valence-electron chi connectivity index (χ2n) is 5.46. The topological polar surface area (TPSA) is 48.0 Å². The number of rotatable bonds is 4. The van der Waals surface area contributed by atoms with Crippen LogP contribution in [0, 0.1) is 5.92 Å². The Morgan fingerprint density at radius 3 is 2.90 bits per heavy atom. The first-order valence-electron chi connectivity index (χ1n) is 6.79. The molecule has 3 rings (SSSR count). The first-order chi connectivity index (χ1) is 10.1. The molecule has 4 nitrogen and oxygen atoms in total. The Balaban J connectivity index is 2.08. The maximum Gasteiger partial charge on any atom is 0.156 e. The smallest absolute Gasteiger partial charge is 0.156 e. The summed E-state index contributed by atoms with van der Waals surface area (Å²) in [6.45, 7) is 4.99. The molecule has 0 bridgehead atoms. The van der Waals surface area contributed by atoms with Crippen LogP contribution in [0.2, 0.25) is 0 Å². The molecule has 0 N–H and O–H groups in total. The van der Waals surface area contributed by atoms with E-state index in [9.17, 15) is 4.79 Å². The van der Waals surface area contributed by atoms with Crippen molar-refractivity contribution in [1.82, 2.24) is 9.78 Å². The van der Waals surface area contributed by atoms with Crippen LogP contribution in [0.4, 0.5) is 0 Å². The van der Waals surface area contributed by atoms with Gasteiger partial charge in [-0.3, -0.25) is 9.48 Å². The van der Waals surface area contributed by atoms with Gasteiger partial charge in [-0.25, -0.2) is 0 Å². The molecule has 0 aliphatic rings. The Bertz CT molecular complexity index is 802. The highest BCUT2D eigenvalue weighted by molar-refractivity contribution is 9.10. The van der Waals surface area contributed by atoms with E-state index in [0.29, 0.717) is 22.9 Å². The van der Waals surface area contributed by atoms with E-state index in [1.807, 2.05) is 24.3 Å². The monoisotopic (exact) mass is 346 g/mol. The molecule has 0 unspecified atom stereocenters. The van der Waals surface area contributed by atoms with Crippen molar-refractivity contribution in [2.45, 2.75) is 20.4 Å². The van der Waals surface area contributed by atoms with Gasteiger partial charge in [-0.2, -0.15) is 5.10 Å². The highest BCUT2D eigenvalue weighted by Crippen LogP contribution is 2.30. The molecule has 5 heteroatoms. The summed E-state index contributed by atoms with van der Waals surface area (Å²) >= 11 is 3.44. The molecule has 0 aliphatic carbocycles. The van der Waals surface area contributed by atoms with Gasteiger partial charge in [0.2, 0.25) is 0 Å². The van der Waals surface area contributed by atoms with Crippen LogP contribution in [0.25, 0.3) is 22.4 Å². The van der Waals surface area contributed by atoms with Crippen LogP contribution < -0.4 is 0 Å². The number of halogens is 1. The molecule has 0 atom stereocenters. The summed E-state index contributed by atoms with van der Waals surface area (Å²) in [5.41, 5.74) is 1.93. The first-order valence-corrected chi connectivity index (χ1v) is 7.58. The molecular weight excluding hydrogens is 332 g/mol. The van der Waals surface area contributed by atoms with Crippen molar-refractivity contribution < 1.29 is 9.21 Å². The van der Waals surface area contributed by atoms with Gasteiger partial charge in [0.15, 0.2) is 12.0 Å². The third-order valence-corrected chi connectivity index (χ3v) is 3.67. The summed E-state index contributed by atoms with van der Waals surface area (Å²) in [4.78, 5) is 11.3. The Morgan fingerprint density at radius 2 is 2.19 bits per heavy atom. The zero-order valence-electron chi connectivity index (χ0n) is 11.8. The van der Waals surface area contributed by atoms with Crippen LogP contribution in [0.1, 0.15) is 24.2 Å². The molecule has 108 valence electrons. The Morgan fingerprint density at radius 1 is 1.38 bits per heavy atom. The van der Waals surface area contributed by atoms with Gasteiger partial charge in [-0.1, -0.05) is 29.8 Å². The van der Waals surface area contributed by atoms with Crippen LogP contribution in [0.5, 0.6) is 0 Å². The van der Waals surface area contributed by atoms with E-state index in [4.69, 9.17) is 4.42 Å².